The van der Waals surface area contributed by atoms with Gasteiger partial charge in [0.15, 0.2) is 11.5 Å². The van der Waals surface area contributed by atoms with Crippen molar-refractivity contribution in [1.29, 1.82) is 0 Å². The van der Waals surface area contributed by atoms with Gasteiger partial charge in [0.25, 0.3) is 5.91 Å². The van der Waals surface area contributed by atoms with Crippen molar-refractivity contribution in [2.45, 2.75) is 40.0 Å². The minimum atomic E-state index is 0. The number of nitrogens with one attached hydrogen (secondary N) is 1. The number of likely N-dealkylation sites (tertiary alicyclic amines) is 1. The molecule has 1 aliphatic rings. The monoisotopic (exact) mass is 432 g/mol. The summed E-state index contributed by atoms with van der Waals surface area (Å²) in [7, 11) is 1.57. The van der Waals surface area contributed by atoms with Gasteiger partial charge in [0.2, 0.25) is 0 Å². The summed E-state index contributed by atoms with van der Waals surface area (Å²) in [4.78, 5) is 14.8. The van der Waals surface area contributed by atoms with Crippen LogP contribution in [0.15, 0.2) is 12.1 Å². The summed E-state index contributed by atoms with van der Waals surface area (Å²) in [6.45, 7) is 10.6. The van der Waals surface area contributed by atoms with E-state index in [2.05, 4.69) is 26.1 Å². The largest absolute Gasteiger partial charge is 0.493 e. The number of hydrogen-bond donors (Lipinski definition) is 1. The summed E-state index contributed by atoms with van der Waals surface area (Å²) in [5, 5.41) is 3.81. The third kappa shape index (κ3) is 7.02. The van der Waals surface area contributed by atoms with Crippen LogP contribution in [0.3, 0.4) is 0 Å². The van der Waals surface area contributed by atoms with Gasteiger partial charge >= 0.3 is 0 Å². The van der Waals surface area contributed by atoms with Crippen molar-refractivity contribution in [3.05, 3.63) is 22.7 Å². The average Bonchev–Trinajstić information content (AvgIpc) is 2.66. The van der Waals surface area contributed by atoms with Gasteiger partial charge in [-0.25, -0.2) is 0 Å². The summed E-state index contributed by atoms with van der Waals surface area (Å²) in [6, 6.07) is 3.44. The van der Waals surface area contributed by atoms with Crippen LogP contribution >= 0.6 is 24.0 Å². The number of nitrogens with zero attached hydrogens (tertiary/aromatic N) is 1. The van der Waals surface area contributed by atoms with Gasteiger partial charge in [-0.3, -0.25) is 4.79 Å². The summed E-state index contributed by atoms with van der Waals surface area (Å²) in [5.74, 6) is 2.22. The lowest BCUT2D eigenvalue weighted by Crippen LogP contribution is -2.40. The molecule has 0 spiro atoms. The molecule has 7 heteroatoms. The quantitative estimate of drug-likeness (QED) is 0.616. The van der Waals surface area contributed by atoms with E-state index >= 15 is 0 Å². The predicted molar refractivity (Wildman–Crippen MR) is 117 cm³/mol. The molecule has 0 atom stereocenters. The molecule has 28 heavy (non-hydrogen) atoms. The zero-order valence-corrected chi connectivity index (χ0v) is 19.0. The molecule has 1 aromatic rings. The van der Waals surface area contributed by atoms with Crippen molar-refractivity contribution in [3.8, 4) is 11.5 Å². The van der Waals surface area contributed by atoms with Crippen LogP contribution in [-0.2, 0) is 0 Å². The maximum atomic E-state index is 12.9. The van der Waals surface area contributed by atoms with Crippen LogP contribution in [0, 0.1) is 11.8 Å². The van der Waals surface area contributed by atoms with Crippen molar-refractivity contribution in [2.75, 3.05) is 39.9 Å². The van der Waals surface area contributed by atoms with Gasteiger partial charge in [-0.05, 0) is 56.3 Å². The van der Waals surface area contributed by atoms with Crippen LogP contribution in [0.5, 0.6) is 11.5 Å². The van der Waals surface area contributed by atoms with E-state index in [1.165, 1.54) is 0 Å². The van der Waals surface area contributed by atoms with Crippen molar-refractivity contribution >= 4 is 29.9 Å². The number of carbonyl (C=O) groups is 1. The number of ether oxygens (including phenoxy) is 2. The van der Waals surface area contributed by atoms with Gasteiger partial charge in [-0.2, -0.15) is 0 Å². The molecule has 0 aliphatic carbocycles. The Kier molecular flexibility index (Phi) is 11.0. The number of rotatable bonds is 9. The van der Waals surface area contributed by atoms with Gasteiger partial charge < -0.3 is 19.7 Å². The molecule has 1 fully saturated rings. The second kappa shape index (κ2) is 12.4. The minimum Gasteiger partial charge on any atom is -0.493 e. The van der Waals surface area contributed by atoms with Crippen LogP contribution in [0.25, 0.3) is 0 Å². The number of piperidine rings is 1. The Balaban J connectivity index is 0.00000392. The molecule has 1 saturated heterocycles. The number of methoxy groups -OCH3 is 1. The topological polar surface area (TPSA) is 50.8 Å². The van der Waals surface area contributed by atoms with E-state index in [-0.39, 0.29) is 18.3 Å². The van der Waals surface area contributed by atoms with Crippen molar-refractivity contribution in [1.82, 2.24) is 10.2 Å². The predicted octanol–water partition coefficient (Wildman–Crippen LogP) is 4.66. The fraction of sp³-hybridized carbons (Fsp3) is 0.667. The maximum Gasteiger partial charge on any atom is 0.254 e. The summed E-state index contributed by atoms with van der Waals surface area (Å²) in [5.41, 5.74) is 0.554. The van der Waals surface area contributed by atoms with E-state index in [9.17, 15) is 4.79 Å². The Morgan fingerprint density at radius 3 is 2.57 bits per heavy atom. The standard InChI is InChI=1S/C21H33ClN2O3.ClH/c1-5-23-14-16-6-9-24(10-7-16)21(25)17-12-18(22)20(19(13-17)26-4)27-11-8-15(2)3;/h12-13,15-16,23H,5-11,14H2,1-4H3;1H. The average molecular weight is 433 g/mol. The Bertz CT molecular complexity index is 618. The molecular formula is C21H34Cl2N2O3. The minimum absolute atomic E-state index is 0. The zero-order chi connectivity index (χ0) is 19.8. The van der Waals surface area contributed by atoms with Crippen molar-refractivity contribution in [2.24, 2.45) is 11.8 Å². The van der Waals surface area contributed by atoms with Gasteiger partial charge in [0.1, 0.15) is 0 Å². The first kappa shape index (κ1) is 24.9. The van der Waals surface area contributed by atoms with E-state index in [1.54, 1.807) is 19.2 Å². The Hall–Kier alpha value is -1.17. The van der Waals surface area contributed by atoms with Crippen LogP contribution in [0.2, 0.25) is 5.02 Å². The summed E-state index contributed by atoms with van der Waals surface area (Å²) < 4.78 is 11.2. The van der Waals surface area contributed by atoms with Crippen LogP contribution in [0.4, 0.5) is 0 Å². The van der Waals surface area contributed by atoms with Gasteiger partial charge in [-0.15, -0.1) is 12.4 Å². The number of halogens is 2. The van der Waals surface area contributed by atoms with Gasteiger partial charge in [0.05, 0.1) is 18.7 Å². The molecule has 0 unspecified atom stereocenters. The normalized spacial score (nSPS) is 14.7. The van der Waals surface area contributed by atoms with Gasteiger partial charge in [0, 0.05) is 18.7 Å². The van der Waals surface area contributed by atoms with Crippen LogP contribution < -0.4 is 14.8 Å². The number of benzene rings is 1. The molecule has 160 valence electrons. The smallest absolute Gasteiger partial charge is 0.254 e. The highest BCUT2D eigenvalue weighted by Gasteiger charge is 2.25. The first-order valence-electron chi connectivity index (χ1n) is 9.96. The van der Waals surface area contributed by atoms with Crippen molar-refractivity contribution in [3.63, 3.8) is 0 Å². The lowest BCUT2D eigenvalue weighted by Gasteiger charge is -2.32. The second-order valence-corrected chi connectivity index (χ2v) is 7.97. The highest BCUT2D eigenvalue weighted by atomic mass is 35.5. The molecule has 0 radical (unpaired) electrons. The highest BCUT2D eigenvalue weighted by Crippen LogP contribution is 2.37. The molecule has 0 aromatic heterocycles. The molecule has 1 aliphatic heterocycles. The first-order chi connectivity index (χ1) is 13.0. The lowest BCUT2D eigenvalue weighted by molar-refractivity contribution is 0.0690. The SMILES string of the molecule is CCNCC1CCN(C(=O)c2cc(Cl)c(OCCC(C)C)c(OC)c2)CC1.Cl. The fourth-order valence-corrected chi connectivity index (χ4v) is 3.52. The fourth-order valence-electron chi connectivity index (χ4n) is 3.25. The molecule has 0 bridgehead atoms. The van der Waals surface area contributed by atoms with E-state index in [0.717, 1.165) is 45.4 Å². The third-order valence-corrected chi connectivity index (χ3v) is 5.28. The molecule has 1 N–H and O–H groups in total. The molecule has 2 rings (SSSR count). The number of amides is 1. The van der Waals surface area contributed by atoms with E-state index in [0.29, 0.717) is 40.5 Å². The number of carbonyl (C=O) groups excluding carboxylic acids is 1. The first-order valence-corrected chi connectivity index (χ1v) is 10.3. The Morgan fingerprint density at radius 2 is 2.00 bits per heavy atom. The Labute approximate surface area is 180 Å². The highest BCUT2D eigenvalue weighted by molar-refractivity contribution is 6.32. The van der Waals surface area contributed by atoms with Crippen LogP contribution in [-0.4, -0.2) is 50.7 Å². The summed E-state index contributed by atoms with van der Waals surface area (Å²) >= 11 is 6.41. The third-order valence-electron chi connectivity index (χ3n) is 5.00. The Morgan fingerprint density at radius 1 is 1.32 bits per heavy atom. The molecule has 1 amide bonds. The molecule has 1 heterocycles. The molecule has 0 saturated carbocycles. The van der Waals surface area contributed by atoms with E-state index in [4.69, 9.17) is 21.1 Å². The van der Waals surface area contributed by atoms with Gasteiger partial charge in [-0.1, -0.05) is 32.4 Å². The molecule has 5 nitrogen and oxygen atoms in total. The maximum absolute atomic E-state index is 12.9. The van der Waals surface area contributed by atoms with Crippen LogP contribution in [0.1, 0.15) is 50.4 Å². The molecule has 1 aromatic carbocycles. The second-order valence-electron chi connectivity index (χ2n) is 7.56. The number of hydrogen-bond acceptors (Lipinski definition) is 4. The van der Waals surface area contributed by atoms with E-state index in [1.807, 2.05) is 4.90 Å². The molecular weight excluding hydrogens is 399 g/mol. The van der Waals surface area contributed by atoms with Crippen molar-refractivity contribution < 1.29 is 14.3 Å². The lowest BCUT2D eigenvalue weighted by atomic mass is 9.96. The summed E-state index contributed by atoms with van der Waals surface area (Å²) in [6.07, 6.45) is 2.99. The van der Waals surface area contributed by atoms with E-state index < -0.39 is 0 Å². The zero-order valence-electron chi connectivity index (χ0n) is 17.4.